The molecule has 100 valence electrons. The first-order chi connectivity index (χ1) is 8.83. The SMILES string of the molecule is C=CC=COC=CC=C.CCC=COC=CCC. The van der Waals surface area contributed by atoms with Gasteiger partial charge in [-0.25, -0.2) is 0 Å². The molecule has 18 heavy (non-hydrogen) atoms. The molecule has 0 aromatic heterocycles. The maximum Gasteiger partial charge on any atom is 0.0901 e. The Morgan fingerprint density at radius 3 is 1.44 bits per heavy atom. The summed E-state index contributed by atoms with van der Waals surface area (Å²) < 4.78 is 9.76. The zero-order chi connectivity index (χ0) is 13.9. The van der Waals surface area contributed by atoms with E-state index in [1.165, 1.54) is 12.5 Å². The van der Waals surface area contributed by atoms with Crippen molar-refractivity contribution in [2.75, 3.05) is 0 Å². The van der Waals surface area contributed by atoms with Crippen LogP contribution < -0.4 is 0 Å². The van der Waals surface area contributed by atoms with Crippen LogP contribution in [0.25, 0.3) is 0 Å². The molecule has 0 rings (SSSR count). The zero-order valence-corrected chi connectivity index (χ0v) is 11.4. The fraction of sp³-hybridized carbons (Fsp3) is 0.250. The number of rotatable bonds is 8. The largest absolute Gasteiger partial charge is 0.473 e. The Hall–Kier alpha value is -1.96. The topological polar surface area (TPSA) is 18.5 Å². The molecule has 0 N–H and O–H groups in total. The van der Waals surface area contributed by atoms with Crippen molar-refractivity contribution in [3.8, 4) is 0 Å². The highest BCUT2D eigenvalue weighted by atomic mass is 16.5. The molecular weight excluding hydrogens is 224 g/mol. The van der Waals surface area contributed by atoms with Crippen LogP contribution in [0.3, 0.4) is 0 Å². The van der Waals surface area contributed by atoms with E-state index in [0.29, 0.717) is 0 Å². The molecule has 0 saturated heterocycles. The van der Waals surface area contributed by atoms with Gasteiger partial charge >= 0.3 is 0 Å². The van der Waals surface area contributed by atoms with Gasteiger partial charge in [0.1, 0.15) is 0 Å². The summed E-state index contributed by atoms with van der Waals surface area (Å²) in [5, 5.41) is 0. The van der Waals surface area contributed by atoms with E-state index in [2.05, 4.69) is 27.0 Å². The highest BCUT2D eigenvalue weighted by Gasteiger charge is 1.66. The van der Waals surface area contributed by atoms with E-state index in [0.717, 1.165) is 12.8 Å². The normalized spacial score (nSPS) is 10.8. The molecule has 0 amide bonds. The Morgan fingerprint density at radius 2 is 1.11 bits per heavy atom. The molecule has 0 aromatic rings. The van der Waals surface area contributed by atoms with Gasteiger partial charge in [-0.2, -0.15) is 0 Å². The van der Waals surface area contributed by atoms with Crippen LogP contribution in [0, 0.1) is 0 Å². The van der Waals surface area contributed by atoms with Crippen molar-refractivity contribution in [1.29, 1.82) is 0 Å². The lowest BCUT2D eigenvalue weighted by Gasteiger charge is -1.85. The highest BCUT2D eigenvalue weighted by molar-refractivity contribution is 4.96. The molecule has 2 heteroatoms. The molecule has 0 aliphatic heterocycles. The van der Waals surface area contributed by atoms with E-state index >= 15 is 0 Å². The van der Waals surface area contributed by atoms with Gasteiger partial charge in [0.2, 0.25) is 0 Å². The molecule has 0 unspecified atom stereocenters. The quantitative estimate of drug-likeness (QED) is 0.431. The molecule has 0 fully saturated rings. The second-order valence-electron chi connectivity index (χ2n) is 2.96. The van der Waals surface area contributed by atoms with Crippen molar-refractivity contribution < 1.29 is 9.47 Å². The number of allylic oxidation sites excluding steroid dienone is 6. The summed E-state index contributed by atoms with van der Waals surface area (Å²) in [5.41, 5.74) is 0. The van der Waals surface area contributed by atoms with E-state index in [1.54, 1.807) is 36.8 Å². The second kappa shape index (κ2) is 20.5. The minimum atomic E-state index is 1.03. The van der Waals surface area contributed by atoms with E-state index in [9.17, 15) is 0 Å². The van der Waals surface area contributed by atoms with E-state index < -0.39 is 0 Å². The molecule has 0 bridgehead atoms. The van der Waals surface area contributed by atoms with Crippen molar-refractivity contribution in [3.63, 3.8) is 0 Å². The van der Waals surface area contributed by atoms with Crippen LogP contribution in [0.15, 0.2) is 74.7 Å². The Morgan fingerprint density at radius 1 is 0.722 bits per heavy atom. The van der Waals surface area contributed by atoms with Crippen molar-refractivity contribution in [3.05, 3.63) is 74.7 Å². The predicted molar refractivity (Wildman–Crippen MR) is 79.7 cm³/mol. The Bertz CT molecular complexity index is 255. The Kier molecular flexibility index (Phi) is 20.9. The molecule has 0 heterocycles. The van der Waals surface area contributed by atoms with Crippen LogP contribution >= 0.6 is 0 Å². The third kappa shape index (κ3) is 23.7. The predicted octanol–water partition coefficient (Wildman–Crippen LogP) is 5.25. The summed E-state index contributed by atoms with van der Waals surface area (Å²) in [6.45, 7) is 11.1. The average Bonchev–Trinajstić information content (AvgIpc) is 2.39. The maximum absolute atomic E-state index is 4.95. The monoisotopic (exact) mass is 248 g/mol. The molecule has 0 atom stereocenters. The molecule has 0 radical (unpaired) electrons. The van der Waals surface area contributed by atoms with Crippen molar-refractivity contribution in [2.24, 2.45) is 0 Å². The van der Waals surface area contributed by atoms with Crippen molar-refractivity contribution in [1.82, 2.24) is 0 Å². The summed E-state index contributed by atoms with van der Waals surface area (Å²) in [6.07, 6.45) is 19.2. The Labute approximate surface area is 111 Å². The number of hydrogen-bond acceptors (Lipinski definition) is 2. The molecular formula is C16H24O2. The van der Waals surface area contributed by atoms with E-state index in [-0.39, 0.29) is 0 Å². The number of hydrogen-bond donors (Lipinski definition) is 0. The fourth-order valence-corrected chi connectivity index (χ4v) is 0.596. The fourth-order valence-electron chi connectivity index (χ4n) is 0.596. The van der Waals surface area contributed by atoms with Crippen molar-refractivity contribution in [2.45, 2.75) is 26.7 Å². The lowest BCUT2D eigenvalue weighted by Crippen LogP contribution is -1.64. The van der Waals surface area contributed by atoms with Gasteiger partial charge in [-0.1, -0.05) is 39.2 Å². The smallest absolute Gasteiger partial charge is 0.0901 e. The van der Waals surface area contributed by atoms with Gasteiger partial charge < -0.3 is 9.47 Å². The number of ether oxygens (including phenoxy) is 2. The van der Waals surface area contributed by atoms with Crippen LogP contribution in [0.2, 0.25) is 0 Å². The summed E-state index contributed by atoms with van der Waals surface area (Å²) in [4.78, 5) is 0. The second-order valence-corrected chi connectivity index (χ2v) is 2.96. The lowest BCUT2D eigenvalue weighted by molar-refractivity contribution is 0.399. The zero-order valence-electron chi connectivity index (χ0n) is 11.4. The summed E-state index contributed by atoms with van der Waals surface area (Å²) in [5.74, 6) is 0. The third-order valence-corrected chi connectivity index (χ3v) is 1.41. The molecule has 0 saturated carbocycles. The molecule has 2 nitrogen and oxygen atoms in total. The van der Waals surface area contributed by atoms with Crippen molar-refractivity contribution >= 4 is 0 Å². The average molecular weight is 248 g/mol. The molecule has 0 spiro atoms. The summed E-state index contributed by atoms with van der Waals surface area (Å²) in [7, 11) is 0. The van der Waals surface area contributed by atoms with Gasteiger partial charge in [0.25, 0.3) is 0 Å². The first-order valence-corrected chi connectivity index (χ1v) is 5.99. The summed E-state index contributed by atoms with van der Waals surface area (Å²) in [6, 6.07) is 0. The molecule has 0 aromatic carbocycles. The molecule has 0 aliphatic carbocycles. The van der Waals surface area contributed by atoms with Crippen LogP contribution in [-0.2, 0) is 9.47 Å². The van der Waals surface area contributed by atoms with Crippen LogP contribution in [0.5, 0.6) is 0 Å². The van der Waals surface area contributed by atoms with E-state index in [1.807, 2.05) is 12.2 Å². The van der Waals surface area contributed by atoms with E-state index in [4.69, 9.17) is 9.47 Å². The maximum atomic E-state index is 4.95. The minimum Gasteiger partial charge on any atom is -0.473 e. The van der Waals surface area contributed by atoms with Gasteiger partial charge in [-0.05, 0) is 37.1 Å². The van der Waals surface area contributed by atoms with Gasteiger partial charge in [-0.3, -0.25) is 0 Å². The minimum absolute atomic E-state index is 1.03. The highest BCUT2D eigenvalue weighted by Crippen LogP contribution is 1.85. The van der Waals surface area contributed by atoms with Gasteiger partial charge in [-0.15, -0.1) is 0 Å². The standard InChI is InChI=1S/C8H14O.C8H10O/c2*1-3-5-7-9-8-6-4-2/h5-8H,3-4H2,1-2H3;3-8H,1-2H2. The third-order valence-electron chi connectivity index (χ3n) is 1.41. The first kappa shape index (κ1) is 18.4. The van der Waals surface area contributed by atoms with Gasteiger partial charge in [0.05, 0.1) is 25.0 Å². The van der Waals surface area contributed by atoms with Crippen LogP contribution in [0.4, 0.5) is 0 Å². The Balaban J connectivity index is 0. The van der Waals surface area contributed by atoms with Gasteiger partial charge in [0.15, 0.2) is 0 Å². The molecule has 0 aliphatic rings. The van der Waals surface area contributed by atoms with Gasteiger partial charge in [0, 0.05) is 0 Å². The van der Waals surface area contributed by atoms with Crippen LogP contribution in [-0.4, -0.2) is 0 Å². The first-order valence-electron chi connectivity index (χ1n) is 5.99. The summed E-state index contributed by atoms with van der Waals surface area (Å²) >= 11 is 0. The lowest BCUT2D eigenvalue weighted by atomic mass is 10.5. The van der Waals surface area contributed by atoms with Crippen LogP contribution in [0.1, 0.15) is 26.7 Å².